The summed E-state index contributed by atoms with van der Waals surface area (Å²) in [5, 5.41) is -5.06. The summed E-state index contributed by atoms with van der Waals surface area (Å²) >= 11 is 0. The van der Waals surface area contributed by atoms with Gasteiger partial charge in [-0.05, 0) is 0 Å². The minimum atomic E-state index is -6.77. The molecule has 5 nitrogen and oxygen atoms in total. The second kappa shape index (κ2) is 6.67. The normalized spacial score (nSPS) is 28.5. The van der Waals surface area contributed by atoms with Gasteiger partial charge in [0.2, 0.25) is 0 Å². The van der Waals surface area contributed by atoms with Crippen LogP contribution in [0.5, 0.6) is 11.5 Å². The molecule has 3 aromatic rings. The average molecular weight is 516 g/mol. The molecule has 184 valence electrons. The third-order valence-electron chi connectivity index (χ3n) is 6.15. The van der Waals surface area contributed by atoms with Crippen LogP contribution in [-0.4, -0.2) is 17.7 Å². The van der Waals surface area contributed by atoms with Gasteiger partial charge in [-0.25, -0.2) is 0 Å². The molecule has 3 aliphatic rings. The average Bonchev–Trinajstić information content (AvgIpc) is 3.41. The van der Waals surface area contributed by atoms with Crippen molar-refractivity contribution in [2.45, 2.75) is 29.6 Å². The fraction of sp³-hybridized carbons (Fsp3) is 0.217. The molecule has 6 rings (SSSR count). The van der Waals surface area contributed by atoms with E-state index in [9.17, 15) is 26.3 Å². The summed E-state index contributed by atoms with van der Waals surface area (Å²) in [6, 6.07) is 19.8. The standard InChI is InChI=1S/C23H15F6O5P/c24-22(25,26)21(23(27,28)29)33-20(16-11-5-2-6-12-16)19(15-9-3-1-4-10-15)32-35(21,34-20)30-17-13-7-8-14-18(17)31-35/h1-14,19H. The molecule has 35 heavy (non-hydrogen) atoms. The van der Waals surface area contributed by atoms with Gasteiger partial charge in [0, 0.05) is 0 Å². The van der Waals surface area contributed by atoms with Gasteiger partial charge in [0.25, 0.3) is 0 Å². The monoisotopic (exact) mass is 516 g/mol. The van der Waals surface area contributed by atoms with Crippen LogP contribution in [0.3, 0.4) is 0 Å². The first-order valence-electron chi connectivity index (χ1n) is 10.3. The van der Waals surface area contributed by atoms with Crippen molar-refractivity contribution in [3.8, 4) is 11.5 Å². The molecule has 2 unspecified atom stereocenters. The summed E-state index contributed by atoms with van der Waals surface area (Å²) in [4.78, 5) is 0. The van der Waals surface area contributed by atoms with Crippen LogP contribution >= 0.6 is 7.51 Å². The molecule has 0 aromatic heterocycles. The Morgan fingerprint density at radius 3 is 1.66 bits per heavy atom. The van der Waals surface area contributed by atoms with Gasteiger partial charge in [0.15, 0.2) is 0 Å². The van der Waals surface area contributed by atoms with Gasteiger partial charge in [-0.1, -0.05) is 0 Å². The van der Waals surface area contributed by atoms with E-state index in [1.807, 2.05) is 0 Å². The van der Waals surface area contributed by atoms with E-state index < -0.39 is 37.1 Å². The zero-order valence-corrected chi connectivity index (χ0v) is 18.3. The molecule has 2 bridgehead atoms. The van der Waals surface area contributed by atoms with E-state index in [0.29, 0.717) is 0 Å². The Hall–Kier alpha value is -2.85. The quantitative estimate of drug-likeness (QED) is 0.267. The number of fused-ring (bicyclic) bond motifs is 2. The molecule has 0 aliphatic carbocycles. The molecule has 1 spiro atoms. The molecule has 0 saturated carbocycles. The molecular weight excluding hydrogens is 501 g/mol. The van der Waals surface area contributed by atoms with E-state index in [2.05, 4.69) is 0 Å². The van der Waals surface area contributed by atoms with Gasteiger partial charge in [-0.3, -0.25) is 0 Å². The molecule has 0 amide bonds. The summed E-state index contributed by atoms with van der Waals surface area (Å²) in [5.41, 5.74) is 0.0767. The number of rotatable bonds is 2. The van der Waals surface area contributed by atoms with E-state index in [0.717, 1.165) is 0 Å². The predicted molar refractivity (Wildman–Crippen MR) is 110 cm³/mol. The van der Waals surface area contributed by atoms with Crippen LogP contribution in [0.2, 0.25) is 0 Å². The van der Waals surface area contributed by atoms with Crippen molar-refractivity contribution in [3.63, 3.8) is 0 Å². The van der Waals surface area contributed by atoms with Crippen molar-refractivity contribution in [2.75, 3.05) is 0 Å². The van der Waals surface area contributed by atoms with Crippen molar-refractivity contribution in [1.29, 1.82) is 0 Å². The summed E-state index contributed by atoms with van der Waals surface area (Å²) in [5.74, 6) is -3.47. The topological polar surface area (TPSA) is 46.2 Å². The molecule has 2 atom stereocenters. The first-order valence-corrected chi connectivity index (χ1v) is 12.2. The second-order valence-electron chi connectivity index (χ2n) is 8.20. The van der Waals surface area contributed by atoms with Gasteiger partial charge in [-0.2, -0.15) is 0 Å². The number of hydrogen-bond acceptors (Lipinski definition) is 5. The summed E-state index contributed by atoms with van der Waals surface area (Å²) in [6.07, 6.45) is -13.8. The van der Waals surface area contributed by atoms with Crippen LogP contribution in [0.15, 0.2) is 84.9 Å². The Kier molecular flexibility index (Phi) is 4.31. The number of benzene rings is 3. The van der Waals surface area contributed by atoms with Crippen LogP contribution in [0.25, 0.3) is 0 Å². The minimum absolute atomic E-state index is 0.131. The SMILES string of the molecule is FC(F)(F)C1(C(F)(F)F)OC2(c3ccccc3)OP13(Oc1ccccc1O3)OC2c1ccccc1. The third kappa shape index (κ3) is 2.59. The number of hydrogen-bond donors (Lipinski definition) is 0. The van der Waals surface area contributed by atoms with Gasteiger partial charge in [0.1, 0.15) is 0 Å². The molecule has 3 aromatic carbocycles. The summed E-state index contributed by atoms with van der Waals surface area (Å²) in [7, 11) is -6.77. The Bertz CT molecular complexity index is 1260. The molecule has 0 radical (unpaired) electrons. The zero-order chi connectivity index (χ0) is 24.8. The second-order valence-corrected chi connectivity index (χ2v) is 11.2. The first kappa shape index (κ1) is 22.6. The van der Waals surface area contributed by atoms with E-state index in [-0.39, 0.29) is 22.6 Å². The van der Waals surface area contributed by atoms with Crippen molar-refractivity contribution >= 4 is 7.51 Å². The Labute approximate surface area is 194 Å². The van der Waals surface area contributed by atoms with Gasteiger partial charge >= 0.3 is 194 Å². The third-order valence-corrected chi connectivity index (χ3v) is 9.96. The van der Waals surface area contributed by atoms with E-state index in [1.54, 1.807) is 24.3 Å². The number of halogens is 6. The Balaban J connectivity index is 1.70. The van der Waals surface area contributed by atoms with Crippen molar-refractivity contribution in [2.24, 2.45) is 0 Å². The van der Waals surface area contributed by atoms with E-state index in [4.69, 9.17) is 22.8 Å². The van der Waals surface area contributed by atoms with Crippen molar-refractivity contribution in [3.05, 3.63) is 96.1 Å². The van der Waals surface area contributed by atoms with Crippen molar-refractivity contribution in [1.82, 2.24) is 0 Å². The van der Waals surface area contributed by atoms with E-state index >= 15 is 0 Å². The summed E-state index contributed by atoms with van der Waals surface area (Å²) in [6.45, 7) is 0. The molecule has 2 fully saturated rings. The van der Waals surface area contributed by atoms with E-state index in [1.165, 1.54) is 60.7 Å². The number of para-hydroxylation sites is 2. The van der Waals surface area contributed by atoms with Gasteiger partial charge in [0.05, 0.1) is 0 Å². The predicted octanol–water partition coefficient (Wildman–Crippen LogP) is 7.16. The summed E-state index contributed by atoms with van der Waals surface area (Å²) < 4.78 is 116. The molecule has 3 heterocycles. The number of alkyl halides is 6. The molecule has 12 heteroatoms. The van der Waals surface area contributed by atoms with Crippen LogP contribution in [-0.2, 0) is 19.6 Å². The molecular formula is C23H15F6O5P. The maximum absolute atomic E-state index is 14.8. The van der Waals surface area contributed by atoms with Crippen LogP contribution in [0.1, 0.15) is 17.2 Å². The van der Waals surface area contributed by atoms with Crippen LogP contribution < -0.4 is 9.05 Å². The van der Waals surface area contributed by atoms with Gasteiger partial charge < -0.3 is 0 Å². The van der Waals surface area contributed by atoms with Crippen molar-refractivity contribution < 1.29 is 49.2 Å². The Morgan fingerprint density at radius 1 is 0.657 bits per heavy atom. The maximum atomic E-state index is 14.8. The molecule has 3 aliphatic heterocycles. The van der Waals surface area contributed by atoms with Gasteiger partial charge in [-0.15, -0.1) is 0 Å². The van der Waals surface area contributed by atoms with Crippen LogP contribution in [0.4, 0.5) is 26.3 Å². The van der Waals surface area contributed by atoms with Crippen LogP contribution in [0, 0.1) is 0 Å². The Morgan fingerprint density at radius 2 is 1.14 bits per heavy atom. The molecule has 2 saturated heterocycles. The fourth-order valence-electron chi connectivity index (χ4n) is 4.76. The first-order chi connectivity index (χ1) is 16.5. The molecule has 0 N–H and O–H groups in total. The fourth-order valence-corrected chi connectivity index (χ4v) is 8.96. The number of ether oxygens (including phenoxy) is 1. The zero-order valence-electron chi connectivity index (χ0n) is 17.4.